The van der Waals surface area contributed by atoms with Crippen LogP contribution in [-0.4, -0.2) is 5.91 Å². The Morgan fingerprint density at radius 1 is 1.00 bits per heavy atom. The van der Waals surface area contributed by atoms with Gasteiger partial charge < -0.3 is 16.2 Å². The first-order valence-electron chi connectivity index (χ1n) is 5.99. The maximum Gasteiger partial charge on any atom is 0.248 e. The van der Waals surface area contributed by atoms with Crippen molar-refractivity contribution in [3.05, 3.63) is 59.7 Å². The van der Waals surface area contributed by atoms with Crippen LogP contribution in [0.3, 0.4) is 0 Å². The van der Waals surface area contributed by atoms with Crippen molar-refractivity contribution < 1.29 is 9.53 Å². The van der Waals surface area contributed by atoms with Crippen LogP contribution in [0.1, 0.15) is 28.9 Å². The van der Waals surface area contributed by atoms with Gasteiger partial charge >= 0.3 is 0 Å². The molecule has 2 aromatic carbocycles. The molecule has 0 spiro atoms. The summed E-state index contributed by atoms with van der Waals surface area (Å²) in [7, 11) is 0. The van der Waals surface area contributed by atoms with E-state index in [-0.39, 0.29) is 6.04 Å². The molecule has 0 fully saturated rings. The molecule has 0 bridgehead atoms. The number of nitrogens with two attached hydrogens (primary N) is 2. The van der Waals surface area contributed by atoms with Crippen molar-refractivity contribution >= 4 is 5.91 Å². The molecule has 0 radical (unpaired) electrons. The fourth-order valence-electron chi connectivity index (χ4n) is 1.66. The Bertz CT molecular complexity index is 560. The summed E-state index contributed by atoms with van der Waals surface area (Å²) in [5.74, 6) is 0.919. The molecule has 0 unspecified atom stereocenters. The van der Waals surface area contributed by atoms with E-state index in [0.717, 1.165) is 11.3 Å². The minimum Gasteiger partial charge on any atom is -0.457 e. The Morgan fingerprint density at radius 2 is 1.47 bits per heavy atom. The first-order valence-corrected chi connectivity index (χ1v) is 5.99. The summed E-state index contributed by atoms with van der Waals surface area (Å²) in [6, 6.07) is 14.3. The molecule has 1 atom stereocenters. The number of carbonyl (C=O) groups excluding carboxylic acids is 1. The standard InChI is InChI=1S/C15H16N2O2/c1-10(16)11-2-6-13(7-3-11)19-14-8-4-12(5-9-14)15(17)18/h2-10H,16H2,1H3,(H2,17,18)/t10-/m0/s1. The average Bonchev–Trinajstić information content (AvgIpc) is 2.40. The lowest BCUT2D eigenvalue weighted by molar-refractivity contribution is 0.100. The summed E-state index contributed by atoms with van der Waals surface area (Å²) in [5.41, 5.74) is 12.5. The monoisotopic (exact) mass is 256 g/mol. The van der Waals surface area contributed by atoms with Gasteiger partial charge in [0.05, 0.1) is 0 Å². The molecule has 2 rings (SSSR count). The van der Waals surface area contributed by atoms with Gasteiger partial charge in [-0.2, -0.15) is 0 Å². The van der Waals surface area contributed by atoms with Gasteiger partial charge in [-0.15, -0.1) is 0 Å². The Kier molecular flexibility index (Phi) is 3.82. The summed E-state index contributed by atoms with van der Waals surface area (Å²) in [4.78, 5) is 10.9. The lowest BCUT2D eigenvalue weighted by Gasteiger charge is -2.08. The highest BCUT2D eigenvalue weighted by Crippen LogP contribution is 2.23. The van der Waals surface area contributed by atoms with Crippen LogP contribution in [0.4, 0.5) is 0 Å². The lowest BCUT2D eigenvalue weighted by atomic mass is 10.1. The largest absolute Gasteiger partial charge is 0.457 e. The number of carbonyl (C=O) groups is 1. The van der Waals surface area contributed by atoms with E-state index in [4.69, 9.17) is 16.2 Å². The van der Waals surface area contributed by atoms with Crippen molar-refractivity contribution in [2.75, 3.05) is 0 Å². The molecule has 2 aromatic rings. The molecule has 0 saturated heterocycles. The van der Waals surface area contributed by atoms with Crippen LogP contribution in [0.5, 0.6) is 11.5 Å². The van der Waals surface area contributed by atoms with Gasteiger partial charge in [-0.05, 0) is 48.9 Å². The summed E-state index contributed by atoms with van der Waals surface area (Å²) in [5, 5.41) is 0. The number of ether oxygens (including phenoxy) is 1. The van der Waals surface area contributed by atoms with Crippen LogP contribution in [0.25, 0.3) is 0 Å². The lowest BCUT2D eigenvalue weighted by Crippen LogP contribution is -2.10. The van der Waals surface area contributed by atoms with Crippen molar-refractivity contribution in [2.24, 2.45) is 11.5 Å². The average molecular weight is 256 g/mol. The maximum absolute atomic E-state index is 10.9. The van der Waals surface area contributed by atoms with Gasteiger partial charge in [-0.1, -0.05) is 12.1 Å². The first kappa shape index (κ1) is 13.1. The number of rotatable bonds is 4. The normalized spacial score (nSPS) is 11.9. The quantitative estimate of drug-likeness (QED) is 0.882. The van der Waals surface area contributed by atoms with Crippen molar-refractivity contribution in [3.63, 3.8) is 0 Å². The predicted octanol–water partition coefficient (Wildman–Crippen LogP) is 2.60. The zero-order valence-corrected chi connectivity index (χ0v) is 10.7. The number of amides is 1. The van der Waals surface area contributed by atoms with Crippen molar-refractivity contribution in [1.82, 2.24) is 0 Å². The summed E-state index contributed by atoms with van der Waals surface area (Å²) in [6.45, 7) is 1.93. The minimum atomic E-state index is -0.451. The Balaban J connectivity index is 2.10. The second-order valence-electron chi connectivity index (χ2n) is 4.35. The molecule has 98 valence electrons. The zero-order valence-electron chi connectivity index (χ0n) is 10.7. The molecule has 4 nitrogen and oxygen atoms in total. The van der Waals surface area contributed by atoms with Gasteiger partial charge in [0.15, 0.2) is 0 Å². The molecule has 0 aromatic heterocycles. The van der Waals surface area contributed by atoms with E-state index < -0.39 is 5.91 Å². The first-order chi connectivity index (χ1) is 9.06. The van der Waals surface area contributed by atoms with E-state index in [9.17, 15) is 4.79 Å². The smallest absolute Gasteiger partial charge is 0.248 e. The molecule has 0 heterocycles. The van der Waals surface area contributed by atoms with E-state index in [0.29, 0.717) is 11.3 Å². The molecule has 4 heteroatoms. The molecule has 19 heavy (non-hydrogen) atoms. The van der Waals surface area contributed by atoms with E-state index in [1.807, 2.05) is 31.2 Å². The molecular weight excluding hydrogens is 240 g/mol. The third-order valence-electron chi connectivity index (χ3n) is 2.78. The predicted molar refractivity (Wildman–Crippen MR) is 74.1 cm³/mol. The van der Waals surface area contributed by atoms with E-state index in [1.165, 1.54) is 0 Å². The van der Waals surface area contributed by atoms with Crippen LogP contribution in [0.15, 0.2) is 48.5 Å². The van der Waals surface area contributed by atoms with Crippen molar-refractivity contribution in [2.45, 2.75) is 13.0 Å². The molecule has 0 aliphatic rings. The molecule has 0 aliphatic carbocycles. The number of hydrogen-bond acceptors (Lipinski definition) is 3. The fourth-order valence-corrected chi connectivity index (χ4v) is 1.66. The summed E-state index contributed by atoms with van der Waals surface area (Å²) < 4.78 is 5.65. The number of primary amides is 1. The van der Waals surface area contributed by atoms with Crippen LogP contribution in [0.2, 0.25) is 0 Å². The second kappa shape index (κ2) is 5.54. The third kappa shape index (κ3) is 3.33. The van der Waals surface area contributed by atoms with Gasteiger partial charge in [0.1, 0.15) is 11.5 Å². The Morgan fingerprint density at radius 3 is 1.89 bits per heavy atom. The highest BCUT2D eigenvalue weighted by Gasteiger charge is 2.03. The zero-order chi connectivity index (χ0) is 13.8. The summed E-state index contributed by atoms with van der Waals surface area (Å²) in [6.07, 6.45) is 0. The number of benzene rings is 2. The SMILES string of the molecule is C[C@H](N)c1ccc(Oc2ccc(C(N)=O)cc2)cc1. The summed E-state index contributed by atoms with van der Waals surface area (Å²) >= 11 is 0. The topological polar surface area (TPSA) is 78.3 Å². The van der Waals surface area contributed by atoms with E-state index in [1.54, 1.807) is 24.3 Å². The maximum atomic E-state index is 10.9. The van der Waals surface area contributed by atoms with Crippen LogP contribution >= 0.6 is 0 Å². The van der Waals surface area contributed by atoms with Crippen molar-refractivity contribution in [1.29, 1.82) is 0 Å². The highest BCUT2D eigenvalue weighted by molar-refractivity contribution is 5.92. The molecule has 0 aliphatic heterocycles. The van der Waals surface area contributed by atoms with Crippen LogP contribution < -0.4 is 16.2 Å². The number of hydrogen-bond donors (Lipinski definition) is 2. The van der Waals surface area contributed by atoms with Gasteiger partial charge in [0.25, 0.3) is 0 Å². The van der Waals surface area contributed by atoms with Crippen LogP contribution in [-0.2, 0) is 0 Å². The Labute approximate surface area is 112 Å². The highest BCUT2D eigenvalue weighted by atomic mass is 16.5. The van der Waals surface area contributed by atoms with E-state index >= 15 is 0 Å². The Hall–Kier alpha value is -2.33. The van der Waals surface area contributed by atoms with Gasteiger partial charge in [0.2, 0.25) is 5.91 Å². The fraction of sp³-hybridized carbons (Fsp3) is 0.133. The van der Waals surface area contributed by atoms with Gasteiger partial charge in [0, 0.05) is 11.6 Å². The van der Waals surface area contributed by atoms with Crippen LogP contribution in [0, 0.1) is 0 Å². The van der Waals surface area contributed by atoms with Gasteiger partial charge in [-0.3, -0.25) is 4.79 Å². The second-order valence-corrected chi connectivity index (χ2v) is 4.35. The molecular formula is C15H16N2O2. The third-order valence-corrected chi connectivity index (χ3v) is 2.78. The molecule has 4 N–H and O–H groups in total. The van der Waals surface area contributed by atoms with Crippen molar-refractivity contribution in [3.8, 4) is 11.5 Å². The molecule has 1 amide bonds. The molecule has 0 saturated carbocycles. The van der Waals surface area contributed by atoms with E-state index in [2.05, 4.69) is 0 Å². The minimum absolute atomic E-state index is 0.00361. The van der Waals surface area contributed by atoms with Gasteiger partial charge in [-0.25, -0.2) is 0 Å².